The minimum Gasteiger partial charge on any atom is -0.273 e. The minimum atomic E-state index is -3.62. The Morgan fingerprint density at radius 1 is 0.939 bits per heavy atom. The predicted molar refractivity (Wildman–Crippen MR) is 134 cm³/mol. The SMILES string of the molecule is Cc1c(C)c(C)c(S(=O)(=O)N2CCC(C(=O)N/N=C\C=C\c3ccccc3)CC2)c(C)c1C. The number of hydrogen-bond donors (Lipinski definition) is 1. The fourth-order valence-electron chi connectivity index (χ4n) is 4.29. The van der Waals surface area contributed by atoms with Gasteiger partial charge in [-0.15, -0.1) is 0 Å². The van der Waals surface area contributed by atoms with E-state index in [1.807, 2.05) is 71.0 Å². The van der Waals surface area contributed by atoms with E-state index >= 15 is 0 Å². The summed E-state index contributed by atoms with van der Waals surface area (Å²) in [6.07, 6.45) is 6.15. The summed E-state index contributed by atoms with van der Waals surface area (Å²) in [6, 6.07) is 9.82. The van der Waals surface area contributed by atoms with Gasteiger partial charge in [0.2, 0.25) is 15.9 Å². The van der Waals surface area contributed by atoms with Crippen LogP contribution in [0.5, 0.6) is 0 Å². The van der Waals surface area contributed by atoms with Crippen LogP contribution in [0.3, 0.4) is 0 Å². The molecule has 0 unspecified atom stereocenters. The van der Waals surface area contributed by atoms with Crippen LogP contribution < -0.4 is 5.43 Å². The number of hydrazone groups is 1. The van der Waals surface area contributed by atoms with Crippen LogP contribution in [0, 0.1) is 40.5 Å². The van der Waals surface area contributed by atoms with Gasteiger partial charge in [-0.05, 0) is 86.9 Å². The van der Waals surface area contributed by atoms with E-state index in [9.17, 15) is 13.2 Å². The van der Waals surface area contributed by atoms with E-state index in [1.54, 1.807) is 6.08 Å². The molecule has 1 aliphatic heterocycles. The summed E-state index contributed by atoms with van der Waals surface area (Å²) in [6.45, 7) is 10.4. The molecule has 0 radical (unpaired) electrons. The number of piperidine rings is 1. The standard InChI is InChI=1S/C26H33N3O3S/c1-18-19(2)21(4)25(22(5)20(18)3)33(31,32)29-16-13-24(14-17-29)26(30)28-27-15-9-12-23-10-7-6-8-11-23/h6-12,15,24H,13-14,16-17H2,1-5H3,(H,28,30)/b12-9+,27-15-. The number of amides is 1. The third kappa shape index (κ3) is 5.42. The molecule has 0 saturated carbocycles. The molecule has 3 rings (SSSR count). The quantitative estimate of drug-likeness (QED) is 0.504. The Hall–Kier alpha value is -2.77. The summed E-state index contributed by atoms with van der Waals surface area (Å²) in [5.74, 6) is -0.429. The Morgan fingerprint density at radius 2 is 1.48 bits per heavy atom. The Morgan fingerprint density at radius 3 is 2.06 bits per heavy atom. The number of allylic oxidation sites excluding steroid dienone is 1. The second-order valence-corrected chi connectivity index (χ2v) is 10.5. The molecule has 1 aliphatic rings. The van der Waals surface area contributed by atoms with Crippen LogP contribution in [-0.4, -0.2) is 37.9 Å². The highest BCUT2D eigenvalue weighted by atomic mass is 32.2. The Labute approximate surface area is 197 Å². The van der Waals surface area contributed by atoms with Crippen LogP contribution in [-0.2, 0) is 14.8 Å². The molecule has 2 aromatic carbocycles. The molecule has 1 saturated heterocycles. The fraction of sp³-hybridized carbons (Fsp3) is 0.385. The average molecular weight is 468 g/mol. The first-order chi connectivity index (χ1) is 15.6. The monoisotopic (exact) mass is 467 g/mol. The molecule has 0 bridgehead atoms. The number of sulfonamides is 1. The molecule has 0 atom stereocenters. The number of carbonyl (C=O) groups is 1. The maximum absolute atomic E-state index is 13.5. The number of nitrogens with one attached hydrogen (secondary N) is 1. The second-order valence-electron chi connectivity index (χ2n) is 8.66. The lowest BCUT2D eigenvalue weighted by Crippen LogP contribution is -2.42. The van der Waals surface area contributed by atoms with Gasteiger partial charge in [-0.3, -0.25) is 4.79 Å². The summed E-state index contributed by atoms with van der Waals surface area (Å²) in [5.41, 5.74) is 8.43. The highest BCUT2D eigenvalue weighted by Gasteiger charge is 2.34. The van der Waals surface area contributed by atoms with Crippen molar-refractivity contribution in [2.45, 2.75) is 52.4 Å². The summed E-state index contributed by atoms with van der Waals surface area (Å²) in [7, 11) is -3.62. The molecule has 1 amide bonds. The maximum atomic E-state index is 13.5. The van der Waals surface area contributed by atoms with Gasteiger partial charge in [-0.25, -0.2) is 13.8 Å². The van der Waals surface area contributed by atoms with Crippen molar-refractivity contribution in [3.8, 4) is 0 Å². The van der Waals surface area contributed by atoms with Crippen molar-refractivity contribution in [2.75, 3.05) is 13.1 Å². The van der Waals surface area contributed by atoms with Crippen molar-refractivity contribution in [1.82, 2.24) is 9.73 Å². The van der Waals surface area contributed by atoms with Crippen molar-refractivity contribution in [3.63, 3.8) is 0 Å². The van der Waals surface area contributed by atoms with Gasteiger partial charge < -0.3 is 0 Å². The molecule has 2 aromatic rings. The average Bonchev–Trinajstić information content (AvgIpc) is 2.82. The van der Waals surface area contributed by atoms with Gasteiger partial charge in [-0.2, -0.15) is 9.41 Å². The fourth-order valence-corrected chi connectivity index (χ4v) is 6.32. The number of carbonyl (C=O) groups excluding carboxylic acids is 1. The predicted octanol–water partition coefficient (Wildman–Crippen LogP) is 4.44. The Kier molecular flexibility index (Phi) is 7.87. The van der Waals surface area contributed by atoms with Crippen LogP contribution >= 0.6 is 0 Å². The summed E-state index contributed by atoms with van der Waals surface area (Å²) < 4.78 is 28.5. The van der Waals surface area contributed by atoms with Gasteiger partial charge >= 0.3 is 0 Å². The normalized spacial score (nSPS) is 16.0. The summed E-state index contributed by atoms with van der Waals surface area (Å²) >= 11 is 0. The van der Waals surface area contributed by atoms with Gasteiger partial charge in [0.1, 0.15) is 0 Å². The van der Waals surface area contributed by atoms with Gasteiger partial charge in [0, 0.05) is 25.2 Å². The lowest BCUT2D eigenvalue weighted by Gasteiger charge is -2.31. The second kappa shape index (κ2) is 10.4. The van der Waals surface area contributed by atoms with Crippen molar-refractivity contribution in [3.05, 3.63) is 69.8 Å². The van der Waals surface area contributed by atoms with E-state index in [2.05, 4.69) is 10.5 Å². The summed E-state index contributed by atoms with van der Waals surface area (Å²) in [5, 5.41) is 3.98. The van der Waals surface area contributed by atoms with Crippen molar-refractivity contribution in [2.24, 2.45) is 11.0 Å². The topological polar surface area (TPSA) is 78.8 Å². The Bertz CT molecular complexity index is 1150. The molecular formula is C26H33N3O3S. The van der Waals surface area contributed by atoms with Crippen molar-refractivity contribution < 1.29 is 13.2 Å². The smallest absolute Gasteiger partial charge is 0.243 e. The molecule has 6 nitrogen and oxygen atoms in total. The molecule has 1 fully saturated rings. The summed E-state index contributed by atoms with van der Waals surface area (Å²) in [4.78, 5) is 12.9. The maximum Gasteiger partial charge on any atom is 0.243 e. The molecule has 7 heteroatoms. The number of rotatable bonds is 6. The first-order valence-electron chi connectivity index (χ1n) is 11.3. The van der Waals surface area contributed by atoms with E-state index in [4.69, 9.17) is 0 Å². The zero-order valence-corrected chi connectivity index (χ0v) is 20.9. The van der Waals surface area contributed by atoms with E-state index in [-0.39, 0.29) is 11.8 Å². The highest BCUT2D eigenvalue weighted by Crippen LogP contribution is 2.33. The molecule has 0 spiro atoms. The molecule has 0 aliphatic carbocycles. The van der Waals surface area contributed by atoms with Crippen LogP contribution in [0.15, 0.2) is 46.4 Å². The number of hydrogen-bond acceptors (Lipinski definition) is 4. The van der Waals surface area contributed by atoms with Crippen LogP contribution in [0.2, 0.25) is 0 Å². The lowest BCUT2D eigenvalue weighted by atomic mass is 9.95. The molecule has 1 heterocycles. The lowest BCUT2D eigenvalue weighted by molar-refractivity contribution is -0.126. The largest absolute Gasteiger partial charge is 0.273 e. The van der Waals surface area contributed by atoms with Crippen molar-refractivity contribution in [1.29, 1.82) is 0 Å². The van der Waals surface area contributed by atoms with E-state index in [0.717, 1.165) is 33.4 Å². The number of nitrogens with zero attached hydrogens (tertiary/aromatic N) is 2. The van der Waals surface area contributed by atoms with Gasteiger partial charge in [0.15, 0.2) is 0 Å². The minimum absolute atomic E-state index is 0.175. The van der Waals surface area contributed by atoms with Crippen LogP contribution in [0.1, 0.15) is 46.2 Å². The first-order valence-corrected chi connectivity index (χ1v) is 12.7. The first kappa shape index (κ1) is 24.9. The van der Waals surface area contributed by atoms with Crippen LogP contribution in [0.4, 0.5) is 0 Å². The van der Waals surface area contributed by atoms with E-state index in [0.29, 0.717) is 30.8 Å². The zero-order valence-electron chi connectivity index (χ0n) is 20.1. The van der Waals surface area contributed by atoms with Crippen molar-refractivity contribution >= 4 is 28.2 Å². The third-order valence-corrected chi connectivity index (χ3v) is 8.95. The zero-order chi connectivity index (χ0) is 24.2. The molecule has 0 aromatic heterocycles. The molecule has 33 heavy (non-hydrogen) atoms. The van der Waals surface area contributed by atoms with Gasteiger partial charge in [0.25, 0.3) is 0 Å². The number of benzene rings is 2. The highest BCUT2D eigenvalue weighted by molar-refractivity contribution is 7.89. The van der Waals surface area contributed by atoms with E-state index in [1.165, 1.54) is 10.5 Å². The third-order valence-electron chi connectivity index (χ3n) is 6.78. The molecule has 176 valence electrons. The van der Waals surface area contributed by atoms with Crippen LogP contribution in [0.25, 0.3) is 6.08 Å². The van der Waals surface area contributed by atoms with E-state index < -0.39 is 10.0 Å². The van der Waals surface area contributed by atoms with Gasteiger partial charge in [0.05, 0.1) is 4.90 Å². The van der Waals surface area contributed by atoms with Gasteiger partial charge in [-0.1, -0.05) is 36.4 Å². The Balaban J connectivity index is 1.61. The molecule has 1 N–H and O–H groups in total. The molecular weight excluding hydrogens is 434 g/mol.